The van der Waals surface area contributed by atoms with Crippen LogP contribution < -0.4 is 0 Å². The second kappa shape index (κ2) is 4.96. The van der Waals surface area contributed by atoms with Crippen molar-refractivity contribution in [3.8, 4) is 0 Å². The normalized spacial score (nSPS) is 14.9. The van der Waals surface area contributed by atoms with Crippen LogP contribution in [-0.4, -0.2) is 14.0 Å². The molecule has 0 spiro atoms. The first kappa shape index (κ1) is 13.4. The summed E-state index contributed by atoms with van der Waals surface area (Å²) in [5, 5.41) is 0. The molecule has 2 aromatic heterocycles. The Hall–Kier alpha value is -2.08. The number of halogens is 1. The minimum Gasteiger partial charge on any atom is -0.282 e. The van der Waals surface area contributed by atoms with Crippen LogP contribution in [0.15, 0.2) is 60.7 Å². The molecule has 0 fully saturated rings. The Kier molecular flexibility index (Phi) is 2.88. The Morgan fingerprint density at radius 1 is 1.00 bits per heavy atom. The first-order valence-electron chi connectivity index (χ1n) is 7.76. The minimum absolute atomic E-state index is 1.00. The Morgan fingerprint density at radius 2 is 1.91 bits per heavy atom. The highest BCUT2D eigenvalue weighted by Gasteiger charge is 2.18. The lowest BCUT2D eigenvalue weighted by atomic mass is 10.1. The molecule has 2 heterocycles. The van der Waals surface area contributed by atoms with Gasteiger partial charge in [0.1, 0.15) is 0 Å². The van der Waals surface area contributed by atoms with Crippen molar-refractivity contribution < 1.29 is 0 Å². The van der Waals surface area contributed by atoms with Gasteiger partial charge in [-0.15, -0.1) is 0 Å². The molecule has 0 amide bonds. The van der Waals surface area contributed by atoms with Crippen LogP contribution in [-0.2, 0) is 0 Å². The highest BCUT2D eigenvalue weighted by Crippen LogP contribution is 2.31. The fourth-order valence-electron chi connectivity index (χ4n) is 3.43. The zero-order valence-electron chi connectivity index (χ0n) is 12.4. The van der Waals surface area contributed by atoms with Gasteiger partial charge in [0.2, 0.25) is 5.78 Å². The third-order valence-corrected chi connectivity index (χ3v) is 5.11. The van der Waals surface area contributed by atoms with Crippen LogP contribution in [0.2, 0.25) is 0 Å². The molecule has 0 aliphatic heterocycles. The third kappa shape index (κ3) is 1.91. The number of hydrogen-bond donors (Lipinski definition) is 0. The summed E-state index contributed by atoms with van der Waals surface area (Å²) in [6.07, 6.45) is 8.71. The summed E-state index contributed by atoms with van der Waals surface area (Å²) in [5.41, 5.74) is 5.96. The molecule has 0 radical (unpaired) electrons. The molecule has 2 aromatic carbocycles. The molecule has 1 aliphatic carbocycles. The van der Waals surface area contributed by atoms with E-state index in [1.54, 1.807) is 0 Å². The van der Waals surface area contributed by atoms with Gasteiger partial charge in [-0.2, -0.15) is 0 Å². The first-order chi connectivity index (χ1) is 11.3. The van der Waals surface area contributed by atoms with Crippen molar-refractivity contribution in [1.29, 1.82) is 0 Å². The zero-order chi connectivity index (χ0) is 15.4. The number of hydrogen-bond acceptors (Lipinski definition) is 1. The van der Waals surface area contributed by atoms with Gasteiger partial charge in [-0.3, -0.25) is 8.97 Å². The van der Waals surface area contributed by atoms with Crippen molar-refractivity contribution in [2.45, 2.75) is 12.8 Å². The molecule has 5 rings (SSSR count). The Balaban J connectivity index is 2.01. The van der Waals surface area contributed by atoms with E-state index in [2.05, 4.69) is 86.2 Å². The molecule has 4 aromatic rings. The van der Waals surface area contributed by atoms with Crippen molar-refractivity contribution >= 4 is 56.1 Å². The standard InChI is InChI=1S/C19H14IN3/c20-13-10-11-17-18(12-13)23-16-9-5-4-8-15(16)21-19(23)22(17)14-6-2-1-3-7-14/h1-2,4-6,8-12H,3,7H2. The minimum atomic E-state index is 1.00. The van der Waals surface area contributed by atoms with Gasteiger partial charge >= 0.3 is 0 Å². The van der Waals surface area contributed by atoms with Crippen LogP contribution in [0.25, 0.3) is 33.5 Å². The van der Waals surface area contributed by atoms with E-state index in [-0.39, 0.29) is 0 Å². The Bertz CT molecular complexity index is 1130. The van der Waals surface area contributed by atoms with E-state index >= 15 is 0 Å². The fourth-order valence-corrected chi connectivity index (χ4v) is 3.91. The Morgan fingerprint density at radius 3 is 2.78 bits per heavy atom. The van der Waals surface area contributed by atoms with Crippen LogP contribution in [0.5, 0.6) is 0 Å². The molecule has 3 nitrogen and oxygen atoms in total. The smallest absolute Gasteiger partial charge is 0.220 e. The van der Waals surface area contributed by atoms with Crippen LogP contribution >= 0.6 is 22.6 Å². The van der Waals surface area contributed by atoms with E-state index in [0.29, 0.717) is 0 Å². The van der Waals surface area contributed by atoms with Gasteiger partial charge in [0.15, 0.2) is 0 Å². The summed E-state index contributed by atoms with van der Waals surface area (Å²) in [7, 11) is 0. The average Bonchev–Trinajstić information content (AvgIpc) is 3.10. The van der Waals surface area contributed by atoms with E-state index in [1.165, 1.54) is 25.8 Å². The molecule has 0 saturated heterocycles. The number of aromatic nitrogens is 3. The predicted octanol–water partition coefficient (Wildman–Crippen LogP) is 5.24. The molecular weight excluding hydrogens is 397 g/mol. The van der Waals surface area contributed by atoms with Gasteiger partial charge in [0, 0.05) is 9.27 Å². The van der Waals surface area contributed by atoms with Gasteiger partial charge in [-0.05, 0) is 71.8 Å². The number of imidazole rings is 2. The third-order valence-electron chi connectivity index (χ3n) is 4.44. The van der Waals surface area contributed by atoms with Gasteiger partial charge < -0.3 is 0 Å². The van der Waals surface area contributed by atoms with E-state index in [4.69, 9.17) is 4.98 Å². The van der Waals surface area contributed by atoms with E-state index in [1.807, 2.05) is 6.07 Å². The Labute approximate surface area is 147 Å². The van der Waals surface area contributed by atoms with Crippen molar-refractivity contribution in [2.24, 2.45) is 0 Å². The van der Waals surface area contributed by atoms with Crippen molar-refractivity contribution in [2.75, 3.05) is 0 Å². The summed E-state index contributed by atoms with van der Waals surface area (Å²) < 4.78 is 5.84. The highest BCUT2D eigenvalue weighted by molar-refractivity contribution is 14.1. The maximum atomic E-state index is 4.92. The largest absolute Gasteiger partial charge is 0.282 e. The number of nitrogens with zero attached hydrogens (tertiary/aromatic N) is 3. The number of benzene rings is 2. The molecular formula is C19H14IN3. The predicted molar refractivity (Wildman–Crippen MR) is 104 cm³/mol. The van der Waals surface area contributed by atoms with Gasteiger partial charge in [-0.1, -0.05) is 24.3 Å². The quantitative estimate of drug-likeness (QED) is 0.393. The molecule has 1 aliphatic rings. The SMILES string of the molecule is Ic1ccc2c(c1)n1c3ccccc3nc1n2C1=CC=CCC1. The van der Waals surface area contributed by atoms with E-state index in [9.17, 15) is 0 Å². The molecule has 4 heteroatoms. The maximum Gasteiger partial charge on any atom is 0.220 e. The second-order valence-electron chi connectivity index (χ2n) is 5.83. The average molecular weight is 411 g/mol. The number of para-hydroxylation sites is 2. The monoisotopic (exact) mass is 411 g/mol. The summed E-state index contributed by atoms with van der Waals surface area (Å²) >= 11 is 2.38. The number of fused-ring (bicyclic) bond motifs is 5. The molecule has 0 N–H and O–H groups in total. The molecule has 0 unspecified atom stereocenters. The summed E-state index contributed by atoms with van der Waals surface area (Å²) in [4.78, 5) is 4.92. The number of rotatable bonds is 1. The lowest BCUT2D eigenvalue weighted by Gasteiger charge is -2.11. The van der Waals surface area contributed by atoms with Crippen LogP contribution in [0, 0.1) is 3.57 Å². The van der Waals surface area contributed by atoms with Crippen molar-refractivity contribution in [3.05, 3.63) is 64.3 Å². The summed E-state index contributed by atoms with van der Waals surface area (Å²) in [6, 6.07) is 15.0. The fraction of sp³-hybridized carbons (Fsp3) is 0.105. The molecule has 23 heavy (non-hydrogen) atoms. The first-order valence-corrected chi connectivity index (χ1v) is 8.84. The van der Waals surface area contributed by atoms with Crippen LogP contribution in [0.4, 0.5) is 0 Å². The van der Waals surface area contributed by atoms with Crippen molar-refractivity contribution in [3.63, 3.8) is 0 Å². The molecule has 0 bridgehead atoms. The highest BCUT2D eigenvalue weighted by atomic mass is 127. The maximum absolute atomic E-state index is 4.92. The summed E-state index contributed by atoms with van der Waals surface area (Å²) in [6.45, 7) is 0. The zero-order valence-corrected chi connectivity index (χ0v) is 14.6. The lowest BCUT2D eigenvalue weighted by Crippen LogP contribution is -1.99. The van der Waals surface area contributed by atoms with E-state index < -0.39 is 0 Å². The van der Waals surface area contributed by atoms with Gasteiger partial charge in [0.05, 0.1) is 22.1 Å². The molecule has 112 valence electrons. The van der Waals surface area contributed by atoms with Crippen molar-refractivity contribution in [1.82, 2.24) is 14.0 Å². The van der Waals surface area contributed by atoms with Crippen LogP contribution in [0.1, 0.15) is 12.8 Å². The van der Waals surface area contributed by atoms with E-state index in [0.717, 1.165) is 24.1 Å². The van der Waals surface area contributed by atoms with Gasteiger partial charge in [-0.25, -0.2) is 4.98 Å². The van der Waals surface area contributed by atoms with Crippen LogP contribution in [0.3, 0.4) is 0 Å². The summed E-state index contributed by atoms with van der Waals surface area (Å²) in [5.74, 6) is 1.00. The molecule has 0 saturated carbocycles. The lowest BCUT2D eigenvalue weighted by molar-refractivity contribution is 0.966. The second-order valence-corrected chi connectivity index (χ2v) is 7.07. The molecule has 0 atom stereocenters. The van der Waals surface area contributed by atoms with Gasteiger partial charge in [0.25, 0.3) is 0 Å². The topological polar surface area (TPSA) is 22.2 Å². The number of allylic oxidation sites excluding steroid dienone is 4.